The van der Waals surface area contributed by atoms with Crippen molar-refractivity contribution in [2.75, 3.05) is 0 Å². The number of rotatable bonds is 2. The molecule has 0 amide bonds. The van der Waals surface area contributed by atoms with Crippen LogP contribution in [0.3, 0.4) is 0 Å². The summed E-state index contributed by atoms with van der Waals surface area (Å²) in [6.07, 6.45) is 0. The highest BCUT2D eigenvalue weighted by molar-refractivity contribution is 6.58. The van der Waals surface area contributed by atoms with Gasteiger partial charge in [0, 0.05) is 11.6 Å². The first-order valence-corrected chi connectivity index (χ1v) is 6.24. The molecule has 0 unspecified atom stereocenters. The van der Waals surface area contributed by atoms with Gasteiger partial charge in [-0.25, -0.2) is 4.39 Å². The summed E-state index contributed by atoms with van der Waals surface area (Å²) in [5.74, 6) is -0.165. The van der Waals surface area contributed by atoms with Crippen LogP contribution < -0.4 is 10.9 Å². The molecule has 104 valence electrons. The fourth-order valence-electron chi connectivity index (χ4n) is 2.09. The molecule has 0 saturated carbocycles. The normalized spacial score (nSPS) is 10.8. The van der Waals surface area contributed by atoms with Crippen LogP contribution in [0.15, 0.2) is 57.7 Å². The van der Waals surface area contributed by atoms with Gasteiger partial charge in [0.25, 0.3) is 0 Å². The summed E-state index contributed by atoms with van der Waals surface area (Å²) in [7, 11) is -1.55. The van der Waals surface area contributed by atoms with Gasteiger partial charge in [-0.05, 0) is 23.7 Å². The number of fused-ring (bicyclic) bond motifs is 1. The maximum atomic E-state index is 13.1. The second-order valence-electron chi connectivity index (χ2n) is 4.61. The molecule has 0 saturated heterocycles. The zero-order chi connectivity index (χ0) is 15.0. The predicted octanol–water partition coefficient (Wildman–Crippen LogP) is 1.28. The van der Waals surface area contributed by atoms with E-state index in [9.17, 15) is 9.18 Å². The fourth-order valence-corrected chi connectivity index (χ4v) is 2.09. The summed E-state index contributed by atoms with van der Waals surface area (Å²) in [6, 6.07) is 11.3. The molecule has 2 aromatic carbocycles. The van der Waals surface area contributed by atoms with Crippen LogP contribution in [0, 0.1) is 5.82 Å². The number of halogens is 1. The molecule has 0 aliphatic heterocycles. The first-order valence-electron chi connectivity index (χ1n) is 6.24. The van der Waals surface area contributed by atoms with Gasteiger partial charge >= 0.3 is 7.12 Å². The highest BCUT2D eigenvalue weighted by atomic mass is 19.1. The van der Waals surface area contributed by atoms with E-state index >= 15 is 0 Å². The molecular formula is C15H10BFO4. The molecule has 21 heavy (non-hydrogen) atoms. The van der Waals surface area contributed by atoms with Crippen LogP contribution in [-0.2, 0) is 0 Å². The molecule has 0 aliphatic carbocycles. The molecular weight excluding hydrogens is 274 g/mol. The average molecular weight is 284 g/mol. The molecule has 3 aromatic rings. The van der Waals surface area contributed by atoms with E-state index < -0.39 is 12.9 Å². The minimum absolute atomic E-state index is 0.182. The quantitative estimate of drug-likeness (QED) is 0.695. The van der Waals surface area contributed by atoms with Crippen molar-refractivity contribution in [3.05, 3.63) is 64.6 Å². The van der Waals surface area contributed by atoms with Crippen molar-refractivity contribution in [1.82, 2.24) is 0 Å². The minimum atomic E-state index is -1.55. The Morgan fingerprint density at radius 1 is 1.00 bits per heavy atom. The molecule has 1 aromatic heterocycles. The molecule has 0 fully saturated rings. The van der Waals surface area contributed by atoms with E-state index in [0.717, 1.165) is 6.07 Å². The molecule has 0 aliphatic rings. The van der Waals surface area contributed by atoms with Crippen molar-refractivity contribution in [2.45, 2.75) is 0 Å². The van der Waals surface area contributed by atoms with Crippen molar-refractivity contribution < 1.29 is 18.9 Å². The molecule has 2 N–H and O–H groups in total. The SMILES string of the molecule is O=c1cc(-c2ccc(B(O)O)cc2)oc2ccc(F)cc12. The first kappa shape index (κ1) is 13.5. The lowest BCUT2D eigenvalue weighted by Gasteiger charge is -2.05. The molecule has 1 heterocycles. The summed E-state index contributed by atoms with van der Waals surface area (Å²) in [5.41, 5.74) is 0.911. The van der Waals surface area contributed by atoms with E-state index in [1.807, 2.05) is 0 Å². The van der Waals surface area contributed by atoms with Crippen LogP contribution in [0.5, 0.6) is 0 Å². The third-order valence-corrected chi connectivity index (χ3v) is 3.18. The van der Waals surface area contributed by atoms with Crippen molar-refractivity contribution >= 4 is 23.6 Å². The van der Waals surface area contributed by atoms with E-state index in [-0.39, 0.29) is 10.8 Å². The number of hydrogen-bond acceptors (Lipinski definition) is 4. The van der Waals surface area contributed by atoms with Gasteiger partial charge in [0.15, 0.2) is 5.43 Å². The van der Waals surface area contributed by atoms with E-state index in [1.165, 1.54) is 30.3 Å². The predicted molar refractivity (Wildman–Crippen MR) is 77.7 cm³/mol. The lowest BCUT2D eigenvalue weighted by Crippen LogP contribution is -2.29. The van der Waals surface area contributed by atoms with Gasteiger partial charge in [-0.3, -0.25) is 4.79 Å². The summed E-state index contributed by atoms with van der Waals surface area (Å²) in [5, 5.41) is 18.3. The van der Waals surface area contributed by atoms with Crippen LogP contribution >= 0.6 is 0 Å². The minimum Gasteiger partial charge on any atom is -0.456 e. The summed E-state index contributed by atoms with van der Waals surface area (Å²) >= 11 is 0. The molecule has 4 nitrogen and oxygen atoms in total. The highest BCUT2D eigenvalue weighted by Gasteiger charge is 2.12. The first-order chi connectivity index (χ1) is 10.0. The van der Waals surface area contributed by atoms with E-state index in [4.69, 9.17) is 14.5 Å². The lowest BCUT2D eigenvalue weighted by molar-refractivity contribution is 0.426. The topological polar surface area (TPSA) is 70.7 Å². The third-order valence-electron chi connectivity index (χ3n) is 3.18. The average Bonchev–Trinajstić information content (AvgIpc) is 2.48. The summed E-state index contributed by atoms with van der Waals surface area (Å²) in [4.78, 5) is 12.0. The highest BCUT2D eigenvalue weighted by Crippen LogP contribution is 2.21. The maximum Gasteiger partial charge on any atom is 0.488 e. The smallest absolute Gasteiger partial charge is 0.456 e. The van der Waals surface area contributed by atoms with E-state index in [0.29, 0.717) is 22.4 Å². The van der Waals surface area contributed by atoms with Gasteiger partial charge in [-0.1, -0.05) is 24.3 Å². The van der Waals surface area contributed by atoms with E-state index in [2.05, 4.69) is 0 Å². The van der Waals surface area contributed by atoms with Gasteiger partial charge in [-0.15, -0.1) is 0 Å². The number of benzene rings is 2. The summed E-state index contributed by atoms with van der Waals surface area (Å²) in [6.45, 7) is 0. The fraction of sp³-hybridized carbons (Fsp3) is 0. The number of hydrogen-bond donors (Lipinski definition) is 2. The van der Waals surface area contributed by atoms with Crippen LogP contribution in [0.1, 0.15) is 0 Å². The molecule has 6 heteroatoms. The van der Waals surface area contributed by atoms with Crippen LogP contribution in [0.4, 0.5) is 4.39 Å². The van der Waals surface area contributed by atoms with Crippen molar-refractivity contribution in [3.63, 3.8) is 0 Å². The zero-order valence-electron chi connectivity index (χ0n) is 10.8. The second kappa shape index (κ2) is 5.16. The van der Waals surface area contributed by atoms with Gasteiger partial charge in [-0.2, -0.15) is 0 Å². The Morgan fingerprint density at radius 3 is 2.38 bits per heavy atom. The van der Waals surface area contributed by atoms with Gasteiger partial charge in [0.05, 0.1) is 5.39 Å². The Morgan fingerprint density at radius 2 is 1.71 bits per heavy atom. The Hall–Kier alpha value is -2.44. The van der Waals surface area contributed by atoms with Crippen molar-refractivity contribution in [2.24, 2.45) is 0 Å². The van der Waals surface area contributed by atoms with Gasteiger partial charge in [0.1, 0.15) is 17.2 Å². The molecule has 0 bridgehead atoms. The zero-order valence-corrected chi connectivity index (χ0v) is 10.8. The Kier molecular flexibility index (Phi) is 3.33. The van der Waals surface area contributed by atoms with E-state index in [1.54, 1.807) is 12.1 Å². The Labute approximate surface area is 119 Å². The summed E-state index contributed by atoms with van der Waals surface area (Å²) < 4.78 is 18.7. The van der Waals surface area contributed by atoms with Crippen LogP contribution in [0.25, 0.3) is 22.3 Å². The Bertz CT molecular complexity index is 856. The molecule has 0 spiro atoms. The lowest BCUT2D eigenvalue weighted by atomic mass is 9.80. The van der Waals surface area contributed by atoms with Gasteiger partial charge < -0.3 is 14.5 Å². The van der Waals surface area contributed by atoms with Crippen molar-refractivity contribution in [1.29, 1.82) is 0 Å². The monoisotopic (exact) mass is 284 g/mol. The standard InChI is InChI=1S/C15H10BFO4/c17-11-5-6-14-12(7-11)13(18)8-15(21-14)9-1-3-10(4-2-9)16(19)20/h1-8,19-20H. The Balaban J connectivity index is 2.12. The van der Waals surface area contributed by atoms with Crippen LogP contribution in [0.2, 0.25) is 0 Å². The van der Waals surface area contributed by atoms with Crippen LogP contribution in [-0.4, -0.2) is 17.2 Å². The molecule has 0 atom stereocenters. The second-order valence-corrected chi connectivity index (χ2v) is 4.61. The third kappa shape index (κ3) is 2.59. The molecule has 3 rings (SSSR count). The van der Waals surface area contributed by atoms with Gasteiger partial charge in [0.2, 0.25) is 0 Å². The largest absolute Gasteiger partial charge is 0.488 e. The van der Waals surface area contributed by atoms with Crippen molar-refractivity contribution in [3.8, 4) is 11.3 Å². The molecule has 0 radical (unpaired) electrons. The maximum absolute atomic E-state index is 13.1.